The Hall–Kier alpha value is -2.20. The summed E-state index contributed by atoms with van der Waals surface area (Å²) in [6.07, 6.45) is 2.76. The summed E-state index contributed by atoms with van der Waals surface area (Å²) in [7, 11) is 0. The van der Waals surface area contributed by atoms with Crippen LogP contribution in [0.5, 0.6) is 0 Å². The van der Waals surface area contributed by atoms with E-state index in [9.17, 15) is 14.8 Å². The van der Waals surface area contributed by atoms with Gasteiger partial charge in [-0.1, -0.05) is 37.6 Å². The lowest BCUT2D eigenvalue weighted by molar-refractivity contribution is -0.0378. The van der Waals surface area contributed by atoms with Gasteiger partial charge in [-0.25, -0.2) is 0 Å². The zero-order chi connectivity index (χ0) is 14.3. The van der Waals surface area contributed by atoms with Gasteiger partial charge in [0.05, 0.1) is 11.1 Å². The van der Waals surface area contributed by atoms with E-state index in [1.165, 1.54) is 0 Å². The van der Waals surface area contributed by atoms with E-state index < -0.39 is 11.8 Å². The minimum atomic E-state index is -0.652. The van der Waals surface area contributed by atoms with Crippen LogP contribution in [0, 0.1) is 0 Å². The van der Waals surface area contributed by atoms with Crippen LogP contribution < -0.4 is 0 Å². The largest absolute Gasteiger partial charge is 0.285 e. The Bertz CT molecular complexity index is 721. The molecule has 4 heteroatoms. The number of hydrogen-bond acceptors (Lipinski definition) is 3. The molecule has 0 saturated carbocycles. The van der Waals surface area contributed by atoms with Crippen molar-refractivity contribution < 1.29 is 14.8 Å². The van der Waals surface area contributed by atoms with Gasteiger partial charge >= 0.3 is 0 Å². The van der Waals surface area contributed by atoms with Crippen LogP contribution in [-0.2, 0) is 6.42 Å². The molecule has 2 amide bonds. The van der Waals surface area contributed by atoms with Crippen LogP contribution in [0.15, 0.2) is 30.3 Å². The maximum atomic E-state index is 12.3. The first-order valence-corrected chi connectivity index (χ1v) is 6.77. The number of carbonyl (C=O) groups is 2. The van der Waals surface area contributed by atoms with Gasteiger partial charge in [0.2, 0.25) is 0 Å². The van der Waals surface area contributed by atoms with Gasteiger partial charge in [-0.15, -0.1) is 5.06 Å². The first-order chi connectivity index (χ1) is 9.65. The van der Waals surface area contributed by atoms with E-state index in [0.29, 0.717) is 16.5 Å². The lowest BCUT2D eigenvalue weighted by atomic mass is 9.89. The smallest absolute Gasteiger partial charge is 0.278 e. The molecule has 102 valence electrons. The van der Waals surface area contributed by atoms with Gasteiger partial charge in [0.15, 0.2) is 0 Å². The fourth-order valence-electron chi connectivity index (χ4n) is 2.73. The number of imide groups is 1. The van der Waals surface area contributed by atoms with Crippen LogP contribution in [0.25, 0.3) is 10.8 Å². The Morgan fingerprint density at radius 2 is 1.90 bits per heavy atom. The zero-order valence-corrected chi connectivity index (χ0v) is 11.2. The van der Waals surface area contributed by atoms with Crippen molar-refractivity contribution in [3.63, 3.8) is 0 Å². The number of nitrogens with zero attached hydrogens (tertiary/aromatic N) is 1. The highest BCUT2D eigenvalue weighted by molar-refractivity contribution is 6.25. The molecule has 20 heavy (non-hydrogen) atoms. The van der Waals surface area contributed by atoms with Crippen LogP contribution >= 0.6 is 0 Å². The van der Waals surface area contributed by atoms with Crippen molar-refractivity contribution in [1.82, 2.24) is 5.06 Å². The molecular formula is C16H15NO3. The Morgan fingerprint density at radius 3 is 2.65 bits per heavy atom. The summed E-state index contributed by atoms with van der Waals surface area (Å²) in [6.45, 7) is 2.09. The van der Waals surface area contributed by atoms with Gasteiger partial charge in [-0.2, -0.15) is 0 Å². The standard InChI is InChI=1S/C16H15NO3/c1-2-3-5-11-9-8-10-6-4-7-12-13(10)14(11)16(19)17(20)15(12)18/h4,6-9,20H,2-3,5H2,1H3. The minimum absolute atomic E-state index is 0.229. The molecule has 0 radical (unpaired) electrons. The predicted octanol–water partition coefficient (Wildman–Crippen LogP) is 3.17. The highest BCUT2D eigenvalue weighted by Crippen LogP contribution is 2.32. The van der Waals surface area contributed by atoms with Gasteiger partial charge in [0.1, 0.15) is 0 Å². The van der Waals surface area contributed by atoms with E-state index in [2.05, 4.69) is 6.92 Å². The molecule has 2 aromatic rings. The van der Waals surface area contributed by atoms with E-state index in [0.717, 1.165) is 30.2 Å². The number of rotatable bonds is 3. The monoisotopic (exact) mass is 269 g/mol. The first-order valence-electron chi connectivity index (χ1n) is 6.77. The normalized spacial score (nSPS) is 14.2. The molecule has 0 atom stereocenters. The second-order valence-electron chi connectivity index (χ2n) is 5.03. The maximum Gasteiger partial charge on any atom is 0.285 e. The number of hydroxylamine groups is 2. The van der Waals surface area contributed by atoms with E-state index in [-0.39, 0.29) is 5.06 Å². The van der Waals surface area contributed by atoms with E-state index in [1.54, 1.807) is 12.1 Å². The lowest BCUT2D eigenvalue weighted by Crippen LogP contribution is -2.38. The maximum absolute atomic E-state index is 12.3. The third-order valence-electron chi connectivity index (χ3n) is 3.76. The van der Waals surface area contributed by atoms with Crippen molar-refractivity contribution in [1.29, 1.82) is 0 Å². The molecule has 3 rings (SSSR count). The number of benzene rings is 2. The van der Waals surface area contributed by atoms with Crippen LogP contribution in [0.2, 0.25) is 0 Å². The molecule has 4 nitrogen and oxygen atoms in total. The second kappa shape index (κ2) is 4.72. The van der Waals surface area contributed by atoms with Gasteiger partial charge in [-0.3, -0.25) is 14.8 Å². The molecule has 1 heterocycles. The minimum Gasteiger partial charge on any atom is -0.278 e. The van der Waals surface area contributed by atoms with Crippen molar-refractivity contribution >= 4 is 22.6 Å². The van der Waals surface area contributed by atoms with Crippen LogP contribution in [0.4, 0.5) is 0 Å². The van der Waals surface area contributed by atoms with E-state index in [1.807, 2.05) is 18.2 Å². The molecule has 0 bridgehead atoms. The second-order valence-corrected chi connectivity index (χ2v) is 5.03. The highest BCUT2D eigenvalue weighted by atomic mass is 16.5. The molecule has 0 aliphatic carbocycles. The molecule has 1 N–H and O–H groups in total. The lowest BCUT2D eigenvalue weighted by Gasteiger charge is -2.24. The number of aryl methyl sites for hydroxylation is 1. The van der Waals surface area contributed by atoms with Gasteiger partial charge in [0, 0.05) is 5.39 Å². The third-order valence-corrected chi connectivity index (χ3v) is 3.76. The Labute approximate surface area is 116 Å². The Kier molecular flexibility index (Phi) is 3.03. The van der Waals surface area contributed by atoms with Crippen LogP contribution in [0.3, 0.4) is 0 Å². The molecule has 0 aromatic heterocycles. The fraction of sp³-hybridized carbons (Fsp3) is 0.250. The summed E-state index contributed by atoms with van der Waals surface area (Å²) in [5.41, 5.74) is 1.75. The zero-order valence-electron chi connectivity index (χ0n) is 11.2. The molecular weight excluding hydrogens is 254 g/mol. The molecule has 1 aliphatic rings. The first kappa shape index (κ1) is 12.8. The Balaban J connectivity index is 2.33. The summed E-state index contributed by atoms with van der Waals surface area (Å²) in [5, 5.41) is 11.5. The fourth-order valence-corrected chi connectivity index (χ4v) is 2.73. The van der Waals surface area contributed by atoms with Gasteiger partial charge in [0.25, 0.3) is 11.8 Å². The van der Waals surface area contributed by atoms with Crippen molar-refractivity contribution in [2.45, 2.75) is 26.2 Å². The molecule has 0 spiro atoms. The molecule has 1 aliphatic heterocycles. The van der Waals surface area contributed by atoms with Crippen LogP contribution in [-0.4, -0.2) is 22.1 Å². The van der Waals surface area contributed by atoms with Gasteiger partial charge < -0.3 is 0 Å². The predicted molar refractivity (Wildman–Crippen MR) is 74.8 cm³/mol. The number of unbranched alkanes of at least 4 members (excludes halogenated alkanes) is 1. The van der Waals surface area contributed by atoms with Crippen molar-refractivity contribution in [2.24, 2.45) is 0 Å². The molecule has 0 fully saturated rings. The van der Waals surface area contributed by atoms with Crippen molar-refractivity contribution in [2.75, 3.05) is 0 Å². The van der Waals surface area contributed by atoms with E-state index >= 15 is 0 Å². The summed E-state index contributed by atoms with van der Waals surface area (Å²) in [6, 6.07) is 9.13. The summed E-state index contributed by atoms with van der Waals surface area (Å²) in [4.78, 5) is 24.2. The average Bonchev–Trinajstić information content (AvgIpc) is 2.48. The Morgan fingerprint density at radius 1 is 1.10 bits per heavy atom. The summed E-state index contributed by atoms with van der Waals surface area (Å²) in [5.74, 6) is -1.27. The van der Waals surface area contributed by atoms with Crippen molar-refractivity contribution in [3.8, 4) is 0 Å². The number of hydrogen-bond donors (Lipinski definition) is 1. The number of carbonyl (C=O) groups excluding carboxylic acids is 2. The van der Waals surface area contributed by atoms with Crippen molar-refractivity contribution in [3.05, 3.63) is 47.0 Å². The topological polar surface area (TPSA) is 57.6 Å². The van der Waals surface area contributed by atoms with E-state index in [4.69, 9.17) is 0 Å². The summed E-state index contributed by atoms with van der Waals surface area (Å²) >= 11 is 0. The van der Waals surface area contributed by atoms with Gasteiger partial charge in [-0.05, 0) is 29.9 Å². The SMILES string of the molecule is CCCCc1ccc2cccc3c2c1C(=O)N(O)C3=O. The molecule has 0 saturated heterocycles. The summed E-state index contributed by atoms with van der Waals surface area (Å²) < 4.78 is 0. The average molecular weight is 269 g/mol. The molecule has 0 unspecified atom stereocenters. The molecule has 2 aromatic carbocycles. The highest BCUT2D eigenvalue weighted by Gasteiger charge is 2.33. The quantitative estimate of drug-likeness (QED) is 0.687. The third kappa shape index (κ3) is 1.72. The number of amides is 2. The van der Waals surface area contributed by atoms with Crippen LogP contribution in [0.1, 0.15) is 46.0 Å².